The van der Waals surface area contributed by atoms with Gasteiger partial charge in [0.2, 0.25) is 15.9 Å². The monoisotopic (exact) mass is 349 g/mol. The number of hydrogen-bond donors (Lipinski definition) is 3. The highest BCUT2D eigenvalue weighted by Crippen LogP contribution is 2.15. The van der Waals surface area contributed by atoms with Gasteiger partial charge in [0.1, 0.15) is 0 Å². The van der Waals surface area contributed by atoms with E-state index < -0.39 is 10.0 Å². The van der Waals surface area contributed by atoms with Crippen molar-refractivity contribution in [1.82, 2.24) is 0 Å². The van der Waals surface area contributed by atoms with Gasteiger partial charge >= 0.3 is 0 Å². The molecule has 1 unspecified atom stereocenters. The number of amides is 1. The molecule has 1 aromatic carbocycles. The molecule has 0 saturated heterocycles. The Morgan fingerprint density at radius 2 is 1.77 bits per heavy atom. The smallest absolute Gasteiger partial charge is 0.232 e. The Bertz CT molecular complexity index is 559. The number of nitrogens with one attached hydrogen (secondary N) is 2. The average Bonchev–Trinajstić information content (AvgIpc) is 2.38. The normalized spacial score (nSPS) is 12.1. The molecular formula is C14H24ClN3O3S. The largest absolute Gasteiger partial charge is 0.328 e. The molecule has 1 atom stereocenters. The SMILES string of the molecule is CCCS(=O)(=O)Nc1ccc(NC(=O)CCC(C)N)cc1.Cl. The molecule has 0 spiro atoms. The fourth-order valence-electron chi connectivity index (χ4n) is 1.70. The summed E-state index contributed by atoms with van der Waals surface area (Å²) in [5.74, 6) is -0.0189. The minimum Gasteiger partial charge on any atom is -0.328 e. The Balaban J connectivity index is 0.00000441. The maximum atomic E-state index is 11.6. The minimum atomic E-state index is -3.29. The summed E-state index contributed by atoms with van der Waals surface area (Å²) in [6.45, 7) is 3.66. The van der Waals surface area contributed by atoms with Crippen LogP contribution >= 0.6 is 12.4 Å². The van der Waals surface area contributed by atoms with Crippen molar-refractivity contribution < 1.29 is 13.2 Å². The van der Waals surface area contributed by atoms with Crippen LogP contribution < -0.4 is 15.8 Å². The third kappa shape index (κ3) is 8.21. The van der Waals surface area contributed by atoms with E-state index in [1.807, 2.05) is 6.92 Å². The first kappa shape index (κ1) is 20.7. The number of rotatable bonds is 8. The van der Waals surface area contributed by atoms with E-state index in [1.54, 1.807) is 31.2 Å². The molecule has 1 rings (SSSR count). The van der Waals surface area contributed by atoms with E-state index in [4.69, 9.17) is 5.73 Å². The van der Waals surface area contributed by atoms with Crippen LogP contribution in [0.3, 0.4) is 0 Å². The van der Waals surface area contributed by atoms with E-state index >= 15 is 0 Å². The highest BCUT2D eigenvalue weighted by molar-refractivity contribution is 7.92. The zero-order valence-electron chi connectivity index (χ0n) is 12.8. The number of nitrogens with two attached hydrogens (primary N) is 1. The molecule has 8 heteroatoms. The first-order valence-electron chi connectivity index (χ1n) is 6.98. The summed E-state index contributed by atoms with van der Waals surface area (Å²) in [7, 11) is -3.29. The van der Waals surface area contributed by atoms with Gasteiger partial charge in [-0.1, -0.05) is 6.92 Å². The predicted octanol–water partition coefficient (Wildman–Crippen LogP) is 2.33. The van der Waals surface area contributed by atoms with Crippen LogP contribution in [-0.4, -0.2) is 26.1 Å². The number of benzene rings is 1. The topological polar surface area (TPSA) is 101 Å². The van der Waals surface area contributed by atoms with Crippen LogP contribution in [0, 0.1) is 0 Å². The first-order valence-corrected chi connectivity index (χ1v) is 8.63. The molecule has 1 aromatic rings. The van der Waals surface area contributed by atoms with Crippen LogP contribution in [0.5, 0.6) is 0 Å². The van der Waals surface area contributed by atoms with Crippen LogP contribution in [0.2, 0.25) is 0 Å². The molecular weight excluding hydrogens is 326 g/mol. The second-order valence-electron chi connectivity index (χ2n) is 5.06. The lowest BCUT2D eigenvalue weighted by atomic mass is 10.2. The van der Waals surface area contributed by atoms with Gasteiger partial charge in [-0.15, -0.1) is 12.4 Å². The zero-order chi connectivity index (χ0) is 15.9. The van der Waals surface area contributed by atoms with Crippen molar-refractivity contribution in [2.24, 2.45) is 5.73 Å². The highest BCUT2D eigenvalue weighted by Gasteiger charge is 2.09. The molecule has 0 heterocycles. The van der Waals surface area contributed by atoms with Crippen LogP contribution in [0.25, 0.3) is 0 Å². The fraction of sp³-hybridized carbons (Fsp3) is 0.500. The van der Waals surface area contributed by atoms with E-state index in [-0.39, 0.29) is 30.1 Å². The maximum absolute atomic E-state index is 11.6. The molecule has 1 amide bonds. The third-order valence-corrected chi connectivity index (χ3v) is 4.23. The summed E-state index contributed by atoms with van der Waals surface area (Å²) in [6.07, 6.45) is 1.55. The quantitative estimate of drug-likeness (QED) is 0.670. The fourth-order valence-corrected chi connectivity index (χ4v) is 2.84. The summed E-state index contributed by atoms with van der Waals surface area (Å²) in [5, 5.41) is 2.74. The van der Waals surface area contributed by atoms with Gasteiger partial charge in [0.25, 0.3) is 0 Å². The molecule has 0 aromatic heterocycles. The molecule has 0 aliphatic carbocycles. The zero-order valence-corrected chi connectivity index (χ0v) is 14.5. The van der Waals surface area contributed by atoms with E-state index in [9.17, 15) is 13.2 Å². The molecule has 0 fully saturated rings. The van der Waals surface area contributed by atoms with Crippen molar-refractivity contribution in [3.8, 4) is 0 Å². The number of carbonyl (C=O) groups is 1. The van der Waals surface area contributed by atoms with E-state index in [2.05, 4.69) is 10.0 Å². The number of hydrogen-bond acceptors (Lipinski definition) is 4. The average molecular weight is 350 g/mol. The summed E-state index contributed by atoms with van der Waals surface area (Å²) in [6, 6.07) is 6.55. The maximum Gasteiger partial charge on any atom is 0.232 e. The number of sulfonamides is 1. The third-order valence-electron chi connectivity index (χ3n) is 2.74. The van der Waals surface area contributed by atoms with Crippen LogP contribution in [-0.2, 0) is 14.8 Å². The lowest BCUT2D eigenvalue weighted by molar-refractivity contribution is -0.116. The van der Waals surface area contributed by atoms with Crippen molar-refractivity contribution in [2.45, 2.75) is 39.2 Å². The summed E-state index contributed by atoms with van der Waals surface area (Å²) < 4.78 is 25.7. The Morgan fingerprint density at radius 3 is 2.27 bits per heavy atom. The van der Waals surface area contributed by atoms with Crippen LogP contribution in [0.15, 0.2) is 24.3 Å². The molecule has 22 heavy (non-hydrogen) atoms. The highest BCUT2D eigenvalue weighted by atomic mass is 35.5. The van der Waals surface area contributed by atoms with Gasteiger partial charge in [0, 0.05) is 23.8 Å². The van der Waals surface area contributed by atoms with Crippen molar-refractivity contribution in [3.63, 3.8) is 0 Å². The Hall–Kier alpha value is -1.31. The van der Waals surface area contributed by atoms with E-state index in [1.165, 1.54) is 0 Å². The second kappa shape index (κ2) is 9.66. The predicted molar refractivity (Wildman–Crippen MR) is 92.9 cm³/mol. The van der Waals surface area contributed by atoms with Crippen molar-refractivity contribution in [3.05, 3.63) is 24.3 Å². The molecule has 4 N–H and O–H groups in total. The second-order valence-corrected chi connectivity index (χ2v) is 6.90. The summed E-state index contributed by atoms with van der Waals surface area (Å²) in [5.41, 5.74) is 6.70. The Morgan fingerprint density at radius 1 is 1.23 bits per heavy atom. The molecule has 6 nitrogen and oxygen atoms in total. The molecule has 0 radical (unpaired) electrons. The number of carbonyl (C=O) groups excluding carboxylic acids is 1. The van der Waals surface area contributed by atoms with Gasteiger partial charge in [0.15, 0.2) is 0 Å². The lowest BCUT2D eigenvalue weighted by Gasteiger charge is -2.09. The molecule has 0 aliphatic rings. The Labute approximate surface area is 138 Å². The van der Waals surface area contributed by atoms with Gasteiger partial charge in [-0.2, -0.15) is 0 Å². The Kier molecular flexibility index (Phi) is 9.08. The van der Waals surface area contributed by atoms with Crippen LogP contribution in [0.4, 0.5) is 11.4 Å². The standard InChI is InChI=1S/C14H23N3O3S.ClH/c1-3-10-21(19,20)17-13-7-5-12(6-8-13)16-14(18)9-4-11(2)15;/h5-8,11,17H,3-4,9-10,15H2,1-2H3,(H,16,18);1H. The van der Waals surface area contributed by atoms with E-state index in [0.717, 1.165) is 0 Å². The van der Waals surface area contributed by atoms with Crippen molar-refractivity contribution in [1.29, 1.82) is 0 Å². The molecule has 0 aliphatic heterocycles. The molecule has 126 valence electrons. The van der Waals surface area contributed by atoms with Crippen molar-refractivity contribution >= 4 is 39.7 Å². The number of anilines is 2. The van der Waals surface area contributed by atoms with Crippen molar-refractivity contribution in [2.75, 3.05) is 15.8 Å². The molecule has 0 bridgehead atoms. The first-order chi connectivity index (χ1) is 9.82. The summed E-state index contributed by atoms with van der Waals surface area (Å²) in [4.78, 5) is 11.6. The van der Waals surface area contributed by atoms with Crippen LogP contribution in [0.1, 0.15) is 33.1 Å². The van der Waals surface area contributed by atoms with Gasteiger partial charge in [-0.3, -0.25) is 9.52 Å². The molecule has 0 saturated carbocycles. The van der Waals surface area contributed by atoms with Gasteiger partial charge < -0.3 is 11.1 Å². The minimum absolute atomic E-state index is 0. The van der Waals surface area contributed by atoms with Gasteiger partial charge in [0.05, 0.1) is 5.75 Å². The van der Waals surface area contributed by atoms with Gasteiger partial charge in [-0.25, -0.2) is 8.42 Å². The lowest BCUT2D eigenvalue weighted by Crippen LogP contribution is -2.19. The number of halogens is 1. The summed E-state index contributed by atoms with van der Waals surface area (Å²) >= 11 is 0. The van der Waals surface area contributed by atoms with E-state index in [0.29, 0.717) is 30.6 Å². The van der Waals surface area contributed by atoms with Gasteiger partial charge in [-0.05, 0) is 44.0 Å².